The topological polar surface area (TPSA) is 79.5 Å². The Morgan fingerprint density at radius 2 is 1.80 bits per heavy atom. The van der Waals surface area contributed by atoms with E-state index in [0.29, 0.717) is 6.54 Å². The highest BCUT2D eigenvalue weighted by Gasteiger charge is 2.12. The van der Waals surface area contributed by atoms with Crippen molar-refractivity contribution >= 4 is 33.6 Å². The van der Waals surface area contributed by atoms with Crippen LogP contribution in [0.1, 0.15) is 31.9 Å². The van der Waals surface area contributed by atoms with Crippen LogP contribution in [0.4, 0.5) is 10.5 Å². The number of benzene rings is 1. The molecule has 1 aromatic rings. The van der Waals surface area contributed by atoms with Crippen LogP contribution in [0.25, 0.3) is 0 Å². The molecule has 0 unspecified atom stereocenters. The van der Waals surface area contributed by atoms with Crippen LogP contribution in [0.15, 0.2) is 21.6 Å². The van der Waals surface area contributed by atoms with E-state index < -0.39 is 0 Å². The zero-order valence-corrected chi connectivity index (χ0v) is 13.7. The number of amides is 2. The number of halogens is 1. The number of guanidine groups is 1. The number of nitrogens with zero attached hydrogens (tertiary/aromatic N) is 1. The Bertz CT molecular complexity index is 489. The molecule has 20 heavy (non-hydrogen) atoms. The van der Waals surface area contributed by atoms with Gasteiger partial charge in [-0.3, -0.25) is 10.3 Å². The molecule has 6 heteroatoms. The van der Waals surface area contributed by atoms with Crippen molar-refractivity contribution in [3.63, 3.8) is 0 Å². The SMILES string of the molecule is CCN=C(N)NC(=O)Nc1c(CC)cc(Br)cc1CC. The number of aliphatic imine (C=N–C) groups is 1. The molecule has 0 aliphatic rings. The van der Waals surface area contributed by atoms with Crippen molar-refractivity contribution in [3.8, 4) is 0 Å². The maximum absolute atomic E-state index is 11.9. The smallest absolute Gasteiger partial charge is 0.326 e. The van der Waals surface area contributed by atoms with Gasteiger partial charge < -0.3 is 11.1 Å². The molecular weight excluding hydrogens is 320 g/mol. The Morgan fingerprint density at radius 1 is 1.25 bits per heavy atom. The van der Waals surface area contributed by atoms with E-state index in [1.54, 1.807) is 0 Å². The van der Waals surface area contributed by atoms with Crippen molar-refractivity contribution in [1.82, 2.24) is 5.32 Å². The van der Waals surface area contributed by atoms with Gasteiger partial charge in [0, 0.05) is 16.7 Å². The van der Waals surface area contributed by atoms with Gasteiger partial charge in [-0.25, -0.2) is 4.79 Å². The minimum absolute atomic E-state index is 0.123. The van der Waals surface area contributed by atoms with E-state index in [-0.39, 0.29) is 12.0 Å². The van der Waals surface area contributed by atoms with Crippen molar-refractivity contribution in [1.29, 1.82) is 0 Å². The van der Waals surface area contributed by atoms with E-state index in [1.807, 2.05) is 19.1 Å². The molecule has 0 saturated heterocycles. The predicted molar refractivity (Wildman–Crippen MR) is 87.2 cm³/mol. The van der Waals surface area contributed by atoms with E-state index in [4.69, 9.17) is 5.73 Å². The highest BCUT2D eigenvalue weighted by Crippen LogP contribution is 2.27. The number of nitrogens with two attached hydrogens (primary N) is 1. The first kappa shape index (κ1) is 16.5. The van der Waals surface area contributed by atoms with Crippen LogP contribution < -0.4 is 16.4 Å². The van der Waals surface area contributed by atoms with Crippen molar-refractivity contribution in [2.45, 2.75) is 33.6 Å². The monoisotopic (exact) mass is 340 g/mol. The first-order chi connectivity index (χ1) is 9.51. The van der Waals surface area contributed by atoms with Crippen LogP contribution in [0.3, 0.4) is 0 Å². The van der Waals surface area contributed by atoms with E-state index in [9.17, 15) is 4.79 Å². The minimum Gasteiger partial charge on any atom is -0.370 e. The second-order valence-corrected chi connectivity index (χ2v) is 5.16. The molecule has 0 heterocycles. The van der Waals surface area contributed by atoms with Gasteiger partial charge >= 0.3 is 6.03 Å². The molecule has 4 N–H and O–H groups in total. The summed E-state index contributed by atoms with van der Waals surface area (Å²) in [5, 5.41) is 5.38. The molecule has 0 atom stereocenters. The summed E-state index contributed by atoms with van der Waals surface area (Å²) in [7, 11) is 0. The van der Waals surface area contributed by atoms with Crippen molar-refractivity contribution < 1.29 is 4.79 Å². The summed E-state index contributed by atoms with van der Waals surface area (Å²) in [6.45, 7) is 6.49. The number of carbonyl (C=O) groups excluding carboxylic acids is 1. The molecule has 2 amide bonds. The maximum atomic E-state index is 11.9. The molecule has 1 aromatic carbocycles. The first-order valence-corrected chi connectivity index (χ1v) is 7.50. The van der Waals surface area contributed by atoms with Gasteiger partial charge in [0.15, 0.2) is 5.96 Å². The quantitative estimate of drug-likeness (QED) is 0.581. The molecule has 0 saturated carbocycles. The summed E-state index contributed by atoms with van der Waals surface area (Å²) in [5.74, 6) is 0.123. The Kier molecular flexibility index (Phi) is 6.51. The van der Waals surface area contributed by atoms with Crippen LogP contribution in [-0.2, 0) is 12.8 Å². The van der Waals surface area contributed by atoms with Crippen LogP contribution in [-0.4, -0.2) is 18.5 Å². The summed E-state index contributed by atoms with van der Waals surface area (Å²) in [6, 6.07) is 3.66. The van der Waals surface area contributed by atoms with Gasteiger partial charge in [0.05, 0.1) is 0 Å². The Morgan fingerprint density at radius 3 is 2.25 bits per heavy atom. The molecule has 0 aromatic heterocycles. The fraction of sp³-hybridized carbons (Fsp3) is 0.429. The third-order valence-electron chi connectivity index (χ3n) is 2.84. The first-order valence-electron chi connectivity index (χ1n) is 6.70. The standard InChI is InChI=1S/C14H21BrN4O/c1-4-9-7-11(15)8-10(5-2)12(9)18-14(20)19-13(16)17-6-3/h7-8H,4-6H2,1-3H3,(H4,16,17,18,19,20). The second-order valence-electron chi connectivity index (χ2n) is 4.24. The maximum Gasteiger partial charge on any atom is 0.326 e. The zero-order chi connectivity index (χ0) is 15.1. The normalized spacial score (nSPS) is 11.3. The van der Waals surface area contributed by atoms with Crippen LogP contribution in [0.2, 0.25) is 0 Å². The van der Waals surface area contributed by atoms with E-state index in [0.717, 1.165) is 34.1 Å². The number of hydrogen-bond acceptors (Lipinski definition) is 2. The lowest BCUT2D eigenvalue weighted by Gasteiger charge is -2.15. The van der Waals surface area contributed by atoms with Crippen LogP contribution in [0.5, 0.6) is 0 Å². The Hall–Kier alpha value is -1.56. The van der Waals surface area contributed by atoms with E-state index >= 15 is 0 Å². The van der Waals surface area contributed by atoms with Gasteiger partial charge in [-0.15, -0.1) is 0 Å². The molecule has 5 nitrogen and oxygen atoms in total. The largest absolute Gasteiger partial charge is 0.370 e. The lowest BCUT2D eigenvalue weighted by atomic mass is 10.0. The lowest BCUT2D eigenvalue weighted by Crippen LogP contribution is -2.40. The molecule has 0 aliphatic carbocycles. The minimum atomic E-state index is -0.369. The highest BCUT2D eigenvalue weighted by molar-refractivity contribution is 9.10. The Balaban J connectivity index is 2.96. The van der Waals surface area contributed by atoms with Crippen LogP contribution in [0, 0.1) is 0 Å². The number of carbonyl (C=O) groups is 1. The van der Waals surface area contributed by atoms with Crippen LogP contribution >= 0.6 is 15.9 Å². The number of aryl methyl sites for hydroxylation is 2. The Labute approximate surface area is 128 Å². The molecule has 0 bridgehead atoms. The van der Waals surface area contributed by atoms with Crippen molar-refractivity contribution in [2.24, 2.45) is 10.7 Å². The van der Waals surface area contributed by atoms with Gasteiger partial charge in [-0.1, -0.05) is 29.8 Å². The van der Waals surface area contributed by atoms with Gasteiger partial charge in [0.2, 0.25) is 0 Å². The molecule has 0 spiro atoms. The second kappa shape index (κ2) is 7.89. The van der Waals surface area contributed by atoms with Crippen molar-refractivity contribution in [2.75, 3.05) is 11.9 Å². The summed E-state index contributed by atoms with van der Waals surface area (Å²) in [4.78, 5) is 15.8. The number of anilines is 1. The molecule has 1 rings (SSSR count). The van der Waals surface area contributed by atoms with E-state index in [2.05, 4.69) is 45.4 Å². The van der Waals surface area contributed by atoms with Gasteiger partial charge in [0.25, 0.3) is 0 Å². The van der Waals surface area contributed by atoms with E-state index in [1.165, 1.54) is 0 Å². The average molecular weight is 341 g/mol. The fourth-order valence-electron chi connectivity index (χ4n) is 1.91. The highest BCUT2D eigenvalue weighted by atomic mass is 79.9. The van der Waals surface area contributed by atoms with Crippen molar-refractivity contribution in [3.05, 3.63) is 27.7 Å². The molecular formula is C14H21BrN4O. The molecule has 0 fully saturated rings. The average Bonchev–Trinajstić information content (AvgIpc) is 2.40. The zero-order valence-electron chi connectivity index (χ0n) is 12.1. The third-order valence-corrected chi connectivity index (χ3v) is 3.29. The summed E-state index contributed by atoms with van der Waals surface area (Å²) >= 11 is 3.49. The third kappa shape index (κ3) is 4.52. The molecule has 0 radical (unpaired) electrons. The predicted octanol–water partition coefficient (Wildman–Crippen LogP) is 3.03. The number of urea groups is 1. The molecule has 110 valence electrons. The van der Waals surface area contributed by atoms with Gasteiger partial charge in [0.1, 0.15) is 0 Å². The number of nitrogens with one attached hydrogen (secondary N) is 2. The van der Waals surface area contributed by atoms with Gasteiger partial charge in [-0.2, -0.15) is 0 Å². The lowest BCUT2D eigenvalue weighted by molar-refractivity contribution is 0.256. The number of rotatable bonds is 4. The van der Waals surface area contributed by atoms with Gasteiger partial charge in [-0.05, 0) is 43.0 Å². The molecule has 0 aliphatic heterocycles. The number of hydrogen-bond donors (Lipinski definition) is 3. The summed E-state index contributed by atoms with van der Waals surface area (Å²) in [5.41, 5.74) is 8.58. The summed E-state index contributed by atoms with van der Waals surface area (Å²) < 4.78 is 1.02. The fourth-order valence-corrected chi connectivity index (χ4v) is 2.47. The summed E-state index contributed by atoms with van der Waals surface area (Å²) in [6.07, 6.45) is 1.67.